The van der Waals surface area contributed by atoms with Gasteiger partial charge in [-0.3, -0.25) is 0 Å². The standard InChI is InChI=1S/C16H27N5O2/c1-5-17-15(18-9-12-19-10(2)23-21-12)20-13-11-7-6-8-22-14(11)16(13,3)4/h11,13-14H,5-9H2,1-4H3,(H2,17,18,20). The van der Waals surface area contributed by atoms with Gasteiger partial charge in [-0.1, -0.05) is 19.0 Å². The van der Waals surface area contributed by atoms with Crippen LogP contribution in [0.3, 0.4) is 0 Å². The van der Waals surface area contributed by atoms with Crippen LogP contribution in [0.1, 0.15) is 45.3 Å². The molecule has 3 unspecified atom stereocenters. The molecule has 0 radical (unpaired) electrons. The summed E-state index contributed by atoms with van der Waals surface area (Å²) in [5.74, 6) is 2.54. The predicted molar refractivity (Wildman–Crippen MR) is 87.0 cm³/mol. The molecule has 1 aromatic rings. The fourth-order valence-corrected chi connectivity index (χ4v) is 3.84. The fourth-order valence-electron chi connectivity index (χ4n) is 3.84. The largest absolute Gasteiger partial charge is 0.377 e. The second-order valence-electron chi connectivity index (χ2n) is 6.97. The maximum absolute atomic E-state index is 5.96. The highest BCUT2D eigenvalue weighted by Gasteiger charge is 2.58. The first kappa shape index (κ1) is 16.2. The number of guanidine groups is 1. The zero-order valence-corrected chi connectivity index (χ0v) is 14.4. The molecule has 23 heavy (non-hydrogen) atoms. The smallest absolute Gasteiger partial charge is 0.223 e. The normalized spacial score (nSPS) is 29.6. The van der Waals surface area contributed by atoms with E-state index in [4.69, 9.17) is 9.26 Å². The van der Waals surface area contributed by atoms with Gasteiger partial charge in [0, 0.05) is 37.5 Å². The van der Waals surface area contributed by atoms with E-state index in [-0.39, 0.29) is 5.41 Å². The zero-order chi connectivity index (χ0) is 16.4. The second kappa shape index (κ2) is 6.47. The molecule has 0 aromatic carbocycles. The molecule has 2 N–H and O–H groups in total. The van der Waals surface area contributed by atoms with Gasteiger partial charge in [0.2, 0.25) is 5.89 Å². The highest BCUT2D eigenvalue weighted by atomic mass is 16.5. The minimum absolute atomic E-state index is 0.115. The zero-order valence-electron chi connectivity index (χ0n) is 14.4. The van der Waals surface area contributed by atoms with Crippen molar-refractivity contribution in [1.82, 2.24) is 20.8 Å². The Balaban J connectivity index is 1.66. The van der Waals surface area contributed by atoms with Gasteiger partial charge in [0.05, 0.1) is 6.10 Å². The Kier molecular flexibility index (Phi) is 4.57. The van der Waals surface area contributed by atoms with Crippen LogP contribution in [-0.4, -0.2) is 41.4 Å². The van der Waals surface area contributed by atoms with Gasteiger partial charge in [-0.05, 0) is 19.8 Å². The molecule has 2 heterocycles. The predicted octanol–water partition coefficient (Wildman–Crippen LogP) is 1.64. The van der Waals surface area contributed by atoms with Crippen LogP contribution in [-0.2, 0) is 11.3 Å². The lowest BCUT2D eigenvalue weighted by Crippen LogP contribution is -2.71. The van der Waals surface area contributed by atoms with Gasteiger partial charge < -0.3 is 19.9 Å². The summed E-state index contributed by atoms with van der Waals surface area (Å²) in [5, 5.41) is 10.8. The maximum atomic E-state index is 5.96. The third-order valence-corrected chi connectivity index (χ3v) is 4.92. The molecule has 2 fully saturated rings. The topological polar surface area (TPSA) is 84.6 Å². The van der Waals surface area contributed by atoms with E-state index >= 15 is 0 Å². The van der Waals surface area contributed by atoms with Gasteiger partial charge in [-0.15, -0.1) is 0 Å². The monoisotopic (exact) mass is 321 g/mol. The second-order valence-corrected chi connectivity index (χ2v) is 6.97. The van der Waals surface area contributed by atoms with Crippen LogP contribution in [0.4, 0.5) is 0 Å². The lowest BCUT2D eigenvalue weighted by molar-refractivity contribution is -0.188. The molecule has 1 saturated heterocycles. The van der Waals surface area contributed by atoms with Gasteiger partial charge in [0.15, 0.2) is 11.8 Å². The summed E-state index contributed by atoms with van der Waals surface area (Å²) in [6.45, 7) is 10.5. The van der Waals surface area contributed by atoms with Crippen molar-refractivity contribution < 1.29 is 9.26 Å². The van der Waals surface area contributed by atoms with Gasteiger partial charge in [0.25, 0.3) is 0 Å². The van der Waals surface area contributed by atoms with Gasteiger partial charge in [0.1, 0.15) is 6.54 Å². The van der Waals surface area contributed by atoms with Crippen molar-refractivity contribution in [2.45, 2.75) is 59.2 Å². The van der Waals surface area contributed by atoms with E-state index in [1.54, 1.807) is 6.92 Å². The molecular weight excluding hydrogens is 294 g/mol. The molecule has 0 bridgehead atoms. The van der Waals surface area contributed by atoms with Crippen molar-refractivity contribution in [3.63, 3.8) is 0 Å². The summed E-state index contributed by atoms with van der Waals surface area (Å²) in [5.41, 5.74) is 0.115. The third kappa shape index (κ3) is 3.20. The molecule has 1 aromatic heterocycles. The van der Waals surface area contributed by atoms with E-state index in [1.165, 1.54) is 6.42 Å². The molecule has 1 aliphatic heterocycles. The average molecular weight is 321 g/mol. The van der Waals surface area contributed by atoms with Crippen molar-refractivity contribution >= 4 is 5.96 Å². The quantitative estimate of drug-likeness (QED) is 0.648. The number of nitrogens with zero attached hydrogens (tertiary/aromatic N) is 3. The number of hydrogen-bond donors (Lipinski definition) is 2. The number of nitrogens with one attached hydrogen (secondary N) is 2. The Hall–Kier alpha value is -1.63. The molecule has 1 saturated carbocycles. The molecule has 2 aliphatic rings. The highest BCUT2D eigenvalue weighted by molar-refractivity contribution is 5.80. The summed E-state index contributed by atoms with van der Waals surface area (Å²) < 4.78 is 10.9. The van der Waals surface area contributed by atoms with Crippen LogP contribution in [0.25, 0.3) is 0 Å². The van der Waals surface area contributed by atoms with Crippen LogP contribution in [0, 0.1) is 18.3 Å². The summed E-state index contributed by atoms with van der Waals surface area (Å²) in [7, 11) is 0. The van der Waals surface area contributed by atoms with Crippen LogP contribution in [0.5, 0.6) is 0 Å². The lowest BCUT2D eigenvalue weighted by atomic mass is 9.55. The molecule has 3 rings (SSSR count). The van der Waals surface area contributed by atoms with Crippen molar-refractivity contribution in [3.05, 3.63) is 11.7 Å². The fraction of sp³-hybridized carbons (Fsp3) is 0.812. The van der Waals surface area contributed by atoms with Crippen molar-refractivity contribution in [2.24, 2.45) is 16.3 Å². The molecule has 3 atom stereocenters. The first-order chi connectivity index (χ1) is 11.0. The Morgan fingerprint density at radius 2 is 2.26 bits per heavy atom. The summed E-state index contributed by atoms with van der Waals surface area (Å²) in [6.07, 6.45) is 2.72. The lowest BCUT2D eigenvalue weighted by Gasteiger charge is -2.60. The third-order valence-electron chi connectivity index (χ3n) is 4.92. The molecule has 1 aliphatic carbocycles. The summed E-state index contributed by atoms with van der Waals surface area (Å²) >= 11 is 0. The van der Waals surface area contributed by atoms with E-state index < -0.39 is 0 Å². The van der Waals surface area contributed by atoms with Gasteiger partial charge in [-0.2, -0.15) is 4.98 Å². The first-order valence-electron chi connectivity index (χ1n) is 8.48. The van der Waals surface area contributed by atoms with Crippen LogP contribution >= 0.6 is 0 Å². The molecule has 7 nitrogen and oxygen atoms in total. The van der Waals surface area contributed by atoms with Crippen molar-refractivity contribution in [3.8, 4) is 0 Å². The number of fused-ring (bicyclic) bond motifs is 1. The molecule has 0 amide bonds. The number of aliphatic imine (C=N–C) groups is 1. The van der Waals surface area contributed by atoms with Crippen LogP contribution < -0.4 is 10.6 Å². The number of aryl methyl sites for hydroxylation is 1. The van der Waals surface area contributed by atoms with E-state index in [0.29, 0.717) is 36.3 Å². The SMILES string of the molecule is CCNC(=NCc1noc(C)n1)NC1C2CCCOC2C1(C)C. The Labute approximate surface area is 137 Å². The number of rotatable bonds is 4. The Morgan fingerprint density at radius 1 is 1.43 bits per heavy atom. The van der Waals surface area contributed by atoms with Gasteiger partial charge in [-0.25, -0.2) is 4.99 Å². The number of aromatic nitrogens is 2. The number of ether oxygens (including phenoxy) is 1. The van der Waals surface area contributed by atoms with E-state index in [9.17, 15) is 0 Å². The molecule has 7 heteroatoms. The number of hydrogen-bond acceptors (Lipinski definition) is 5. The average Bonchev–Trinajstić information content (AvgIpc) is 2.95. The Bertz CT molecular complexity index is 569. The first-order valence-corrected chi connectivity index (χ1v) is 8.48. The van der Waals surface area contributed by atoms with Crippen LogP contribution in [0.15, 0.2) is 9.52 Å². The van der Waals surface area contributed by atoms with E-state index in [2.05, 4.69) is 46.5 Å². The Morgan fingerprint density at radius 3 is 2.96 bits per heavy atom. The summed E-state index contributed by atoms with van der Waals surface area (Å²) in [4.78, 5) is 8.78. The van der Waals surface area contributed by atoms with Crippen molar-refractivity contribution in [2.75, 3.05) is 13.2 Å². The van der Waals surface area contributed by atoms with Crippen LogP contribution in [0.2, 0.25) is 0 Å². The molecule has 128 valence electrons. The summed E-state index contributed by atoms with van der Waals surface area (Å²) in [6, 6.07) is 0.373. The van der Waals surface area contributed by atoms with E-state index in [1.807, 2.05) is 0 Å². The minimum atomic E-state index is 0.115. The highest BCUT2D eigenvalue weighted by Crippen LogP contribution is 2.51. The van der Waals surface area contributed by atoms with Crippen molar-refractivity contribution in [1.29, 1.82) is 0 Å². The molecular formula is C16H27N5O2. The maximum Gasteiger partial charge on any atom is 0.223 e. The van der Waals surface area contributed by atoms with E-state index in [0.717, 1.165) is 25.5 Å². The minimum Gasteiger partial charge on any atom is -0.377 e. The molecule has 0 spiro atoms. The van der Waals surface area contributed by atoms with Gasteiger partial charge >= 0.3 is 0 Å².